The molecule has 0 fully saturated rings. The van der Waals surface area contributed by atoms with Crippen molar-refractivity contribution >= 4 is 5.97 Å². The van der Waals surface area contributed by atoms with E-state index in [-0.39, 0.29) is 18.7 Å². The minimum Gasteiger partial charge on any atom is -0.490 e. The van der Waals surface area contributed by atoms with Crippen molar-refractivity contribution in [3.63, 3.8) is 0 Å². The maximum absolute atomic E-state index is 12.2. The number of benzene rings is 2. The summed E-state index contributed by atoms with van der Waals surface area (Å²) in [4.78, 5) is 12.2. The number of hydrogen-bond donors (Lipinski definition) is 0. The lowest BCUT2D eigenvalue weighted by Gasteiger charge is -2.04. The summed E-state index contributed by atoms with van der Waals surface area (Å²) < 4.78 is 16.5. The van der Waals surface area contributed by atoms with E-state index in [9.17, 15) is 4.79 Å². The average Bonchev–Trinajstić information content (AvgIpc) is 3.24. The second kappa shape index (κ2) is 6.67. The Kier molecular flexibility index (Phi) is 4.21. The number of carbonyl (C=O) groups is 1. The molecule has 5 nitrogen and oxygen atoms in total. The Hall–Kier alpha value is -3.08. The third-order valence-corrected chi connectivity index (χ3v) is 4.46. The molecular formula is C21H19NO4. The molecule has 1 atom stereocenters. The van der Waals surface area contributed by atoms with Crippen molar-refractivity contribution in [3.8, 4) is 17.1 Å². The van der Waals surface area contributed by atoms with Crippen LogP contribution in [0.5, 0.6) is 5.75 Å². The molecule has 26 heavy (non-hydrogen) atoms. The Morgan fingerprint density at radius 2 is 2.08 bits per heavy atom. The topological polar surface area (TPSA) is 61.6 Å². The van der Waals surface area contributed by atoms with Crippen molar-refractivity contribution in [2.45, 2.75) is 33.0 Å². The van der Waals surface area contributed by atoms with Crippen LogP contribution >= 0.6 is 0 Å². The molecule has 2 heterocycles. The summed E-state index contributed by atoms with van der Waals surface area (Å²) >= 11 is 0. The standard InChI is InChI=1S/C21H19NO4/c1-13-5-3-4-6-18(13)21(23)24-12-17-11-20(26-22-17)15-7-8-19-16(10-15)9-14(2)25-19/h3-8,10-11,14H,9,12H2,1-2H3. The molecule has 2 aromatic carbocycles. The van der Waals surface area contributed by atoms with E-state index >= 15 is 0 Å². The van der Waals surface area contributed by atoms with Crippen molar-refractivity contribution in [1.82, 2.24) is 5.16 Å². The molecule has 132 valence electrons. The van der Waals surface area contributed by atoms with Gasteiger partial charge >= 0.3 is 5.97 Å². The number of aromatic nitrogens is 1. The first kappa shape index (κ1) is 16.4. The van der Waals surface area contributed by atoms with E-state index in [0.29, 0.717) is 17.0 Å². The first-order valence-corrected chi connectivity index (χ1v) is 8.58. The average molecular weight is 349 g/mol. The zero-order chi connectivity index (χ0) is 18.1. The highest BCUT2D eigenvalue weighted by molar-refractivity contribution is 5.90. The molecule has 1 unspecified atom stereocenters. The lowest BCUT2D eigenvalue weighted by atomic mass is 10.1. The molecule has 4 rings (SSSR count). The molecule has 0 amide bonds. The van der Waals surface area contributed by atoms with Crippen molar-refractivity contribution in [1.29, 1.82) is 0 Å². The Morgan fingerprint density at radius 3 is 2.92 bits per heavy atom. The van der Waals surface area contributed by atoms with Crippen LogP contribution in [0.25, 0.3) is 11.3 Å². The minimum absolute atomic E-state index is 0.0712. The van der Waals surface area contributed by atoms with Gasteiger partial charge in [0.15, 0.2) is 5.76 Å². The molecule has 1 aliphatic rings. The summed E-state index contributed by atoms with van der Waals surface area (Å²) in [5.74, 6) is 1.21. The van der Waals surface area contributed by atoms with E-state index in [1.54, 1.807) is 12.1 Å². The van der Waals surface area contributed by atoms with Gasteiger partial charge in [-0.3, -0.25) is 0 Å². The summed E-state index contributed by atoms with van der Waals surface area (Å²) in [5.41, 5.74) is 4.12. The summed E-state index contributed by atoms with van der Waals surface area (Å²) in [6.45, 7) is 4.00. The quantitative estimate of drug-likeness (QED) is 0.656. The highest BCUT2D eigenvalue weighted by Crippen LogP contribution is 2.33. The highest BCUT2D eigenvalue weighted by atomic mass is 16.5. The van der Waals surface area contributed by atoms with Crippen LogP contribution in [0.2, 0.25) is 0 Å². The molecule has 0 aliphatic carbocycles. The number of hydrogen-bond acceptors (Lipinski definition) is 5. The van der Waals surface area contributed by atoms with Gasteiger partial charge in [-0.25, -0.2) is 4.79 Å². The van der Waals surface area contributed by atoms with Crippen LogP contribution in [0.1, 0.15) is 34.1 Å². The summed E-state index contributed by atoms with van der Waals surface area (Å²) in [6.07, 6.45) is 1.09. The van der Waals surface area contributed by atoms with Gasteiger partial charge in [-0.15, -0.1) is 0 Å². The zero-order valence-electron chi connectivity index (χ0n) is 14.7. The van der Waals surface area contributed by atoms with Crippen molar-refractivity contribution in [2.24, 2.45) is 0 Å². The number of aryl methyl sites for hydroxylation is 1. The van der Waals surface area contributed by atoms with Crippen molar-refractivity contribution < 1.29 is 18.8 Å². The minimum atomic E-state index is -0.365. The number of carbonyl (C=O) groups excluding carboxylic acids is 1. The van der Waals surface area contributed by atoms with Gasteiger partial charge in [-0.2, -0.15) is 0 Å². The van der Waals surface area contributed by atoms with Gasteiger partial charge in [0, 0.05) is 18.1 Å². The zero-order valence-corrected chi connectivity index (χ0v) is 14.7. The molecule has 5 heteroatoms. The van der Waals surface area contributed by atoms with E-state index in [1.807, 2.05) is 37.3 Å². The summed E-state index contributed by atoms with van der Waals surface area (Å²) in [5, 5.41) is 4.01. The molecule has 0 bridgehead atoms. The maximum Gasteiger partial charge on any atom is 0.338 e. The van der Waals surface area contributed by atoms with Crippen LogP contribution in [-0.4, -0.2) is 17.2 Å². The van der Waals surface area contributed by atoms with E-state index in [2.05, 4.69) is 18.1 Å². The van der Waals surface area contributed by atoms with Gasteiger partial charge in [0.05, 0.1) is 5.56 Å². The number of nitrogens with zero attached hydrogens (tertiary/aromatic N) is 1. The van der Waals surface area contributed by atoms with Gasteiger partial charge in [0.25, 0.3) is 0 Å². The van der Waals surface area contributed by atoms with Crippen LogP contribution in [0.3, 0.4) is 0 Å². The van der Waals surface area contributed by atoms with E-state index in [0.717, 1.165) is 23.3 Å². The molecule has 0 radical (unpaired) electrons. The predicted molar refractivity (Wildman–Crippen MR) is 96.0 cm³/mol. The highest BCUT2D eigenvalue weighted by Gasteiger charge is 2.20. The fraction of sp³-hybridized carbons (Fsp3) is 0.238. The summed E-state index contributed by atoms with van der Waals surface area (Å²) in [7, 11) is 0. The molecule has 1 aliphatic heterocycles. The molecule has 1 aromatic heterocycles. The van der Waals surface area contributed by atoms with Crippen LogP contribution in [-0.2, 0) is 17.8 Å². The molecule has 3 aromatic rings. The first-order valence-electron chi connectivity index (χ1n) is 8.58. The SMILES string of the molecule is Cc1ccccc1C(=O)OCc1cc(-c2ccc3c(c2)CC(C)O3)on1. The van der Waals surface area contributed by atoms with Crippen LogP contribution in [0.15, 0.2) is 53.1 Å². The third kappa shape index (κ3) is 3.20. The number of esters is 1. The van der Waals surface area contributed by atoms with Crippen LogP contribution in [0, 0.1) is 6.92 Å². The van der Waals surface area contributed by atoms with E-state index in [1.165, 1.54) is 5.56 Å². The Morgan fingerprint density at radius 1 is 1.23 bits per heavy atom. The number of fused-ring (bicyclic) bond motifs is 1. The van der Waals surface area contributed by atoms with E-state index in [4.69, 9.17) is 14.0 Å². The fourth-order valence-electron chi connectivity index (χ4n) is 3.11. The van der Waals surface area contributed by atoms with Gasteiger partial charge in [-0.1, -0.05) is 23.4 Å². The number of rotatable bonds is 4. The largest absolute Gasteiger partial charge is 0.490 e. The normalized spacial score (nSPS) is 15.4. The van der Waals surface area contributed by atoms with Gasteiger partial charge in [0.2, 0.25) is 0 Å². The molecule has 0 saturated heterocycles. The lowest BCUT2D eigenvalue weighted by molar-refractivity contribution is 0.0463. The van der Waals surface area contributed by atoms with Gasteiger partial charge in [0.1, 0.15) is 24.2 Å². The van der Waals surface area contributed by atoms with Crippen LogP contribution in [0.4, 0.5) is 0 Å². The van der Waals surface area contributed by atoms with Crippen molar-refractivity contribution in [2.75, 3.05) is 0 Å². The summed E-state index contributed by atoms with van der Waals surface area (Å²) in [6, 6.07) is 15.1. The second-order valence-corrected chi connectivity index (χ2v) is 6.53. The first-order chi connectivity index (χ1) is 12.6. The fourth-order valence-corrected chi connectivity index (χ4v) is 3.11. The number of ether oxygens (including phenoxy) is 2. The Bertz CT molecular complexity index is 960. The van der Waals surface area contributed by atoms with Gasteiger partial charge in [-0.05, 0) is 49.2 Å². The lowest BCUT2D eigenvalue weighted by Crippen LogP contribution is -2.07. The second-order valence-electron chi connectivity index (χ2n) is 6.53. The molecule has 0 saturated carbocycles. The Balaban J connectivity index is 1.45. The molecule has 0 N–H and O–H groups in total. The smallest absolute Gasteiger partial charge is 0.338 e. The Labute approximate surface area is 151 Å². The monoisotopic (exact) mass is 349 g/mol. The van der Waals surface area contributed by atoms with Gasteiger partial charge < -0.3 is 14.0 Å². The van der Waals surface area contributed by atoms with Crippen molar-refractivity contribution in [3.05, 3.63) is 70.9 Å². The molecular weight excluding hydrogens is 330 g/mol. The van der Waals surface area contributed by atoms with E-state index < -0.39 is 0 Å². The predicted octanol–water partition coefficient (Wildman–Crippen LogP) is 4.33. The van der Waals surface area contributed by atoms with Crippen LogP contribution < -0.4 is 4.74 Å². The maximum atomic E-state index is 12.2. The third-order valence-electron chi connectivity index (χ3n) is 4.46. The molecule has 0 spiro atoms.